The molecule has 0 unspecified atom stereocenters. The monoisotopic (exact) mass is 366 g/mol. The van der Waals surface area contributed by atoms with Crippen molar-refractivity contribution in [1.29, 1.82) is 0 Å². The van der Waals surface area contributed by atoms with Crippen LogP contribution in [0.25, 0.3) is 0 Å². The van der Waals surface area contributed by atoms with Gasteiger partial charge in [-0.1, -0.05) is 11.6 Å². The zero-order valence-electron chi connectivity index (χ0n) is 13.4. The number of halogens is 1. The van der Waals surface area contributed by atoms with E-state index in [4.69, 9.17) is 11.6 Å². The van der Waals surface area contributed by atoms with Crippen molar-refractivity contribution in [3.8, 4) is 0 Å². The third-order valence-electron chi connectivity index (χ3n) is 3.09. The van der Waals surface area contributed by atoms with E-state index in [9.17, 15) is 19.7 Å². The van der Waals surface area contributed by atoms with Crippen molar-refractivity contribution >= 4 is 40.6 Å². The van der Waals surface area contributed by atoms with E-state index < -0.39 is 11.0 Å². The highest BCUT2D eigenvalue weighted by Gasteiger charge is 2.14. The number of carbonyl (C=O) groups excluding carboxylic acids is 2. The number of nitrogens with zero attached hydrogens (tertiary/aromatic N) is 4. The molecular formula is C14H15ClN6O4. The van der Waals surface area contributed by atoms with Gasteiger partial charge >= 0.3 is 6.03 Å². The number of aromatic nitrogens is 2. The summed E-state index contributed by atoms with van der Waals surface area (Å²) in [7, 11) is 3.26. The summed E-state index contributed by atoms with van der Waals surface area (Å²) in [5, 5.41) is 19.8. The average molecular weight is 367 g/mol. The highest BCUT2D eigenvalue weighted by Crippen LogP contribution is 2.27. The molecule has 0 aliphatic rings. The van der Waals surface area contributed by atoms with E-state index in [1.807, 2.05) is 0 Å². The van der Waals surface area contributed by atoms with Gasteiger partial charge in [0.15, 0.2) is 0 Å². The summed E-state index contributed by atoms with van der Waals surface area (Å²) in [5.74, 6) is -0.146. The number of hydrogen-bond donors (Lipinski definition) is 2. The molecule has 0 atom stereocenters. The maximum atomic E-state index is 12.0. The van der Waals surface area contributed by atoms with Gasteiger partial charge in [0.2, 0.25) is 5.91 Å². The van der Waals surface area contributed by atoms with Gasteiger partial charge in [-0.25, -0.2) is 4.79 Å². The van der Waals surface area contributed by atoms with Crippen LogP contribution in [0.4, 0.5) is 21.9 Å². The third-order valence-corrected chi connectivity index (χ3v) is 3.41. The van der Waals surface area contributed by atoms with Gasteiger partial charge in [-0.15, -0.1) is 0 Å². The zero-order chi connectivity index (χ0) is 18.6. The van der Waals surface area contributed by atoms with Gasteiger partial charge in [0.05, 0.1) is 16.8 Å². The summed E-state index contributed by atoms with van der Waals surface area (Å²) < 4.78 is 1.38. The molecule has 1 heterocycles. The summed E-state index contributed by atoms with van der Waals surface area (Å²) >= 11 is 5.71. The summed E-state index contributed by atoms with van der Waals surface area (Å²) in [6, 6.07) is 3.30. The maximum Gasteiger partial charge on any atom is 0.323 e. The normalized spacial score (nSPS) is 10.2. The lowest BCUT2D eigenvalue weighted by Crippen LogP contribution is -2.26. The van der Waals surface area contributed by atoms with Gasteiger partial charge in [0.1, 0.15) is 11.6 Å². The third kappa shape index (κ3) is 4.91. The van der Waals surface area contributed by atoms with Crippen molar-refractivity contribution in [1.82, 2.24) is 14.7 Å². The second-order valence-electron chi connectivity index (χ2n) is 5.22. The van der Waals surface area contributed by atoms with Gasteiger partial charge in [-0.05, 0) is 12.1 Å². The van der Waals surface area contributed by atoms with Crippen molar-refractivity contribution in [2.75, 3.05) is 24.7 Å². The topological polar surface area (TPSA) is 122 Å². The minimum Gasteiger partial charge on any atom is -0.347 e. The lowest BCUT2D eigenvalue weighted by atomic mass is 10.3. The second kappa shape index (κ2) is 7.62. The number of nitro groups is 1. The molecular weight excluding hydrogens is 352 g/mol. The van der Waals surface area contributed by atoms with Crippen LogP contribution in [0.2, 0.25) is 5.02 Å². The Balaban J connectivity index is 1.99. The fourth-order valence-electron chi connectivity index (χ4n) is 1.82. The standard InChI is InChI=1S/C14H15ClN6O4/c1-19(2)13(22)8-20-7-10(6-16-20)18-14(23)17-9-3-4-11(15)12(5-9)21(24)25/h3-7H,8H2,1-2H3,(H2,17,18,23). The molecule has 10 nitrogen and oxygen atoms in total. The van der Waals surface area contributed by atoms with Gasteiger partial charge < -0.3 is 15.5 Å². The number of benzene rings is 1. The summed E-state index contributed by atoms with van der Waals surface area (Å²) in [4.78, 5) is 35.2. The Morgan fingerprint density at radius 3 is 2.64 bits per heavy atom. The van der Waals surface area contributed by atoms with Crippen molar-refractivity contribution < 1.29 is 14.5 Å². The number of amides is 3. The van der Waals surface area contributed by atoms with Gasteiger partial charge in [-0.3, -0.25) is 19.6 Å². The van der Waals surface area contributed by atoms with Crippen LogP contribution in [0.15, 0.2) is 30.6 Å². The number of nitro benzene ring substituents is 1. The minimum absolute atomic E-state index is 0.0252. The number of likely N-dealkylation sites (N-methyl/N-ethyl adjacent to an activating group) is 1. The quantitative estimate of drug-likeness (QED) is 0.620. The molecule has 1 aromatic carbocycles. The second-order valence-corrected chi connectivity index (χ2v) is 5.62. The summed E-state index contributed by atoms with van der Waals surface area (Å²) in [6.07, 6.45) is 2.87. The van der Waals surface area contributed by atoms with Crippen LogP contribution in [0.1, 0.15) is 0 Å². The van der Waals surface area contributed by atoms with Crippen LogP contribution in [0, 0.1) is 10.1 Å². The van der Waals surface area contributed by atoms with Crippen LogP contribution in [-0.4, -0.2) is 45.6 Å². The van der Waals surface area contributed by atoms with Crippen LogP contribution in [-0.2, 0) is 11.3 Å². The van der Waals surface area contributed by atoms with E-state index in [0.717, 1.165) is 6.07 Å². The molecule has 0 saturated carbocycles. The number of hydrogen-bond acceptors (Lipinski definition) is 5. The molecule has 11 heteroatoms. The first kappa shape index (κ1) is 18.2. The van der Waals surface area contributed by atoms with Gasteiger partial charge in [0.25, 0.3) is 5.69 Å². The predicted molar refractivity (Wildman–Crippen MR) is 91.7 cm³/mol. The SMILES string of the molecule is CN(C)C(=O)Cn1cc(NC(=O)Nc2ccc(Cl)c([N+](=O)[O-])c2)cn1. The molecule has 0 bridgehead atoms. The molecule has 0 radical (unpaired) electrons. The molecule has 1 aromatic heterocycles. The van der Waals surface area contributed by atoms with Crippen molar-refractivity contribution in [2.45, 2.75) is 6.54 Å². The molecule has 0 spiro atoms. The number of anilines is 2. The largest absolute Gasteiger partial charge is 0.347 e. The number of urea groups is 1. The highest BCUT2D eigenvalue weighted by atomic mass is 35.5. The summed E-state index contributed by atoms with van der Waals surface area (Å²) in [5.41, 5.74) is 0.269. The average Bonchev–Trinajstić information content (AvgIpc) is 2.95. The van der Waals surface area contributed by atoms with E-state index in [-0.39, 0.29) is 28.8 Å². The van der Waals surface area contributed by atoms with E-state index in [1.165, 1.54) is 34.1 Å². The van der Waals surface area contributed by atoms with E-state index in [1.54, 1.807) is 14.1 Å². The van der Waals surface area contributed by atoms with Crippen LogP contribution in [0.3, 0.4) is 0 Å². The Hall–Kier alpha value is -3.14. The first-order valence-electron chi connectivity index (χ1n) is 7.01. The smallest absolute Gasteiger partial charge is 0.323 e. The Morgan fingerprint density at radius 2 is 2.00 bits per heavy atom. The first-order chi connectivity index (χ1) is 11.8. The highest BCUT2D eigenvalue weighted by molar-refractivity contribution is 6.32. The van der Waals surface area contributed by atoms with Crippen LogP contribution < -0.4 is 10.6 Å². The number of nitrogens with one attached hydrogen (secondary N) is 2. The van der Waals surface area contributed by atoms with Crippen molar-refractivity contribution in [3.63, 3.8) is 0 Å². The molecule has 2 rings (SSSR count). The van der Waals surface area contributed by atoms with E-state index >= 15 is 0 Å². The fraction of sp³-hybridized carbons (Fsp3) is 0.214. The van der Waals surface area contributed by atoms with Gasteiger partial charge in [0, 0.05) is 32.0 Å². The molecule has 0 fully saturated rings. The molecule has 0 aliphatic heterocycles. The molecule has 0 saturated heterocycles. The maximum absolute atomic E-state index is 12.0. The number of rotatable bonds is 5. The molecule has 132 valence electrons. The minimum atomic E-state index is -0.642. The summed E-state index contributed by atoms with van der Waals surface area (Å²) in [6.45, 7) is 0.0413. The zero-order valence-corrected chi connectivity index (χ0v) is 14.1. The van der Waals surface area contributed by atoms with Gasteiger partial charge in [-0.2, -0.15) is 5.10 Å². The first-order valence-corrected chi connectivity index (χ1v) is 7.38. The van der Waals surface area contributed by atoms with E-state index in [2.05, 4.69) is 15.7 Å². The Labute approximate surface area is 147 Å². The molecule has 25 heavy (non-hydrogen) atoms. The predicted octanol–water partition coefficient (Wildman–Crippen LogP) is 2.18. The Kier molecular flexibility index (Phi) is 5.55. The van der Waals surface area contributed by atoms with E-state index in [0.29, 0.717) is 5.69 Å². The lowest BCUT2D eigenvalue weighted by Gasteiger charge is -2.09. The molecule has 2 N–H and O–H groups in total. The Bertz CT molecular complexity index is 819. The molecule has 2 aromatic rings. The van der Waals surface area contributed by atoms with Crippen molar-refractivity contribution in [3.05, 3.63) is 45.7 Å². The van der Waals surface area contributed by atoms with Crippen LogP contribution >= 0.6 is 11.6 Å². The van der Waals surface area contributed by atoms with Crippen molar-refractivity contribution in [2.24, 2.45) is 0 Å². The fourth-order valence-corrected chi connectivity index (χ4v) is 2.00. The lowest BCUT2D eigenvalue weighted by molar-refractivity contribution is -0.384. The molecule has 0 aliphatic carbocycles. The number of carbonyl (C=O) groups is 2. The van der Waals surface area contributed by atoms with Crippen LogP contribution in [0.5, 0.6) is 0 Å². The molecule has 3 amide bonds. The Morgan fingerprint density at radius 1 is 1.32 bits per heavy atom.